The van der Waals surface area contributed by atoms with E-state index in [0.717, 1.165) is 18.2 Å². The molecule has 0 aliphatic heterocycles. The zero-order chi connectivity index (χ0) is 15.4. The molecule has 2 aromatic rings. The first-order valence-corrected chi connectivity index (χ1v) is 6.23. The molecule has 0 aliphatic carbocycles. The molecule has 0 saturated carbocycles. The molecule has 0 unspecified atom stereocenters. The Bertz CT molecular complexity index is 665. The van der Waals surface area contributed by atoms with Gasteiger partial charge in [0.15, 0.2) is 6.10 Å². The van der Waals surface area contributed by atoms with Gasteiger partial charge in [0, 0.05) is 5.56 Å². The minimum absolute atomic E-state index is 0.0220. The summed E-state index contributed by atoms with van der Waals surface area (Å²) < 4.78 is 30.8. The Kier molecular flexibility index (Phi) is 4.42. The maximum Gasteiger partial charge on any atom is 0.338 e. The van der Waals surface area contributed by atoms with E-state index in [1.54, 1.807) is 0 Å². The van der Waals surface area contributed by atoms with Crippen molar-refractivity contribution in [1.29, 1.82) is 0 Å². The molecule has 3 nitrogen and oxygen atoms in total. The van der Waals surface area contributed by atoms with Gasteiger partial charge in [-0.2, -0.15) is 0 Å². The van der Waals surface area contributed by atoms with Gasteiger partial charge < -0.3 is 4.74 Å². The number of carbonyl (C=O) groups excluding carboxylic acids is 2. The molecule has 0 radical (unpaired) electrons. The second kappa shape index (κ2) is 6.26. The van der Waals surface area contributed by atoms with Crippen molar-refractivity contribution in [2.45, 2.75) is 13.0 Å². The van der Waals surface area contributed by atoms with Gasteiger partial charge in [0.25, 0.3) is 0 Å². The number of Topliss-reactive ketones (excluding diaryl/α,β-unsaturated/α-hetero) is 1. The highest BCUT2D eigenvalue weighted by Gasteiger charge is 2.20. The van der Waals surface area contributed by atoms with E-state index in [4.69, 9.17) is 4.74 Å². The molecule has 108 valence electrons. The third-order valence-corrected chi connectivity index (χ3v) is 2.84. The Morgan fingerprint density at radius 1 is 0.952 bits per heavy atom. The molecule has 2 rings (SSSR count). The van der Waals surface area contributed by atoms with Gasteiger partial charge in [0.05, 0.1) is 5.56 Å². The van der Waals surface area contributed by atoms with E-state index in [2.05, 4.69) is 0 Å². The van der Waals surface area contributed by atoms with Gasteiger partial charge in [0.1, 0.15) is 11.6 Å². The summed E-state index contributed by atoms with van der Waals surface area (Å²) in [4.78, 5) is 23.8. The van der Waals surface area contributed by atoms with Gasteiger partial charge >= 0.3 is 5.97 Å². The second-order valence-corrected chi connectivity index (χ2v) is 4.43. The molecule has 5 heteroatoms. The number of hydrogen-bond donors (Lipinski definition) is 0. The van der Waals surface area contributed by atoms with Gasteiger partial charge in [-0.25, -0.2) is 13.6 Å². The highest BCUT2D eigenvalue weighted by atomic mass is 19.1. The predicted octanol–water partition coefficient (Wildman–Crippen LogP) is 3.39. The summed E-state index contributed by atoms with van der Waals surface area (Å²) in [5.74, 6) is -2.28. The fourth-order valence-corrected chi connectivity index (χ4v) is 1.75. The lowest BCUT2D eigenvalue weighted by atomic mass is 10.1. The molecule has 0 N–H and O–H groups in total. The first-order valence-electron chi connectivity index (χ1n) is 6.23. The summed E-state index contributed by atoms with van der Waals surface area (Å²) in [5, 5.41) is 0. The zero-order valence-corrected chi connectivity index (χ0v) is 11.2. The lowest BCUT2D eigenvalue weighted by Gasteiger charge is -2.12. The van der Waals surface area contributed by atoms with Gasteiger partial charge in [-0.05, 0) is 49.4 Å². The van der Waals surface area contributed by atoms with Crippen LogP contribution in [0.2, 0.25) is 0 Å². The molecular formula is C16H12F2O3. The minimum Gasteiger partial charge on any atom is -0.451 e. The van der Waals surface area contributed by atoms with Crippen LogP contribution in [0.1, 0.15) is 27.6 Å². The Hall–Kier alpha value is -2.56. The van der Waals surface area contributed by atoms with Crippen LogP contribution in [-0.4, -0.2) is 17.9 Å². The van der Waals surface area contributed by atoms with Crippen LogP contribution in [0.25, 0.3) is 0 Å². The van der Waals surface area contributed by atoms with Crippen LogP contribution in [0, 0.1) is 11.6 Å². The lowest BCUT2D eigenvalue weighted by molar-refractivity contribution is 0.0318. The third kappa shape index (κ3) is 3.72. The number of ether oxygens (including phenoxy) is 1. The number of hydrogen-bond acceptors (Lipinski definition) is 3. The molecule has 0 saturated heterocycles. The molecule has 0 bridgehead atoms. The van der Waals surface area contributed by atoms with E-state index in [9.17, 15) is 18.4 Å². The van der Waals surface area contributed by atoms with Crippen molar-refractivity contribution in [3.8, 4) is 0 Å². The van der Waals surface area contributed by atoms with Gasteiger partial charge in [-0.15, -0.1) is 0 Å². The van der Waals surface area contributed by atoms with Crippen molar-refractivity contribution >= 4 is 11.8 Å². The van der Waals surface area contributed by atoms with Crippen LogP contribution in [0.5, 0.6) is 0 Å². The highest BCUT2D eigenvalue weighted by molar-refractivity contribution is 6.01. The third-order valence-electron chi connectivity index (χ3n) is 2.84. The largest absolute Gasteiger partial charge is 0.451 e. The number of rotatable bonds is 4. The van der Waals surface area contributed by atoms with Crippen LogP contribution in [0.4, 0.5) is 8.78 Å². The number of ketones is 1. The van der Waals surface area contributed by atoms with Gasteiger partial charge in [0.2, 0.25) is 5.78 Å². The second-order valence-electron chi connectivity index (χ2n) is 4.43. The van der Waals surface area contributed by atoms with E-state index in [-0.39, 0.29) is 11.1 Å². The fourth-order valence-electron chi connectivity index (χ4n) is 1.75. The molecule has 0 aliphatic rings. The topological polar surface area (TPSA) is 43.4 Å². The molecule has 0 spiro atoms. The number of halogens is 2. The lowest BCUT2D eigenvalue weighted by Crippen LogP contribution is -2.24. The average molecular weight is 290 g/mol. The summed E-state index contributed by atoms with van der Waals surface area (Å²) in [6, 6.07) is 9.90. The van der Waals surface area contributed by atoms with Crippen LogP contribution in [0.3, 0.4) is 0 Å². The molecule has 2 aromatic carbocycles. The van der Waals surface area contributed by atoms with Gasteiger partial charge in [-0.1, -0.05) is 6.07 Å². The van der Waals surface area contributed by atoms with Crippen LogP contribution in [0.15, 0.2) is 48.5 Å². The quantitative estimate of drug-likeness (QED) is 0.640. The predicted molar refractivity (Wildman–Crippen MR) is 72.0 cm³/mol. The van der Waals surface area contributed by atoms with E-state index in [1.165, 1.54) is 37.3 Å². The van der Waals surface area contributed by atoms with E-state index >= 15 is 0 Å². The Morgan fingerprint density at radius 2 is 1.62 bits per heavy atom. The van der Waals surface area contributed by atoms with Crippen molar-refractivity contribution in [2.24, 2.45) is 0 Å². The van der Waals surface area contributed by atoms with Crippen molar-refractivity contribution in [3.05, 3.63) is 71.3 Å². The average Bonchev–Trinajstić information content (AvgIpc) is 2.47. The van der Waals surface area contributed by atoms with Crippen molar-refractivity contribution < 1.29 is 23.1 Å². The normalized spacial score (nSPS) is 11.8. The van der Waals surface area contributed by atoms with Crippen LogP contribution < -0.4 is 0 Å². The van der Waals surface area contributed by atoms with Crippen molar-refractivity contribution in [2.75, 3.05) is 0 Å². The summed E-state index contributed by atoms with van der Waals surface area (Å²) in [5.41, 5.74) is 0.254. The maximum atomic E-state index is 13.0. The summed E-state index contributed by atoms with van der Waals surface area (Å²) >= 11 is 0. The maximum absolute atomic E-state index is 13.0. The first kappa shape index (κ1) is 14.8. The van der Waals surface area contributed by atoms with E-state index in [0.29, 0.717) is 0 Å². The Balaban J connectivity index is 2.07. The minimum atomic E-state index is -1.05. The number of benzene rings is 2. The van der Waals surface area contributed by atoms with Crippen molar-refractivity contribution in [1.82, 2.24) is 0 Å². The van der Waals surface area contributed by atoms with E-state index in [1.807, 2.05) is 0 Å². The Labute approximate surface area is 120 Å². The molecule has 0 fully saturated rings. The molecule has 0 amide bonds. The van der Waals surface area contributed by atoms with Crippen LogP contribution in [-0.2, 0) is 4.74 Å². The summed E-state index contributed by atoms with van der Waals surface area (Å²) in [6.07, 6.45) is -1.05. The number of carbonyl (C=O) groups is 2. The molecule has 0 heterocycles. The molecular weight excluding hydrogens is 278 g/mol. The first-order chi connectivity index (χ1) is 9.97. The fraction of sp³-hybridized carbons (Fsp3) is 0.125. The molecule has 0 aromatic heterocycles. The standard InChI is InChI=1S/C16H12F2O3/c1-10(15(19)11-5-7-13(17)8-6-11)21-16(20)12-3-2-4-14(18)9-12/h2-10H,1H3/t10-/m0/s1. The molecule has 1 atom stereocenters. The zero-order valence-electron chi connectivity index (χ0n) is 11.2. The SMILES string of the molecule is C[C@H](OC(=O)c1cccc(F)c1)C(=O)c1ccc(F)cc1. The van der Waals surface area contributed by atoms with Crippen molar-refractivity contribution in [3.63, 3.8) is 0 Å². The van der Waals surface area contributed by atoms with Crippen LogP contribution >= 0.6 is 0 Å². The smallest absolute Gasteiger partial charge is 0.338 e. The summed E-state index contributed by atoms with van der Waals surface area (Å²) in [7, 11) is 0. The highest BCUT2D eigenvalue weighted by Crippen LogP contribution is 2.11. The molecule has 21 heavy (non-hydrogen) atoms. The number of esters is 1. The Morgan fingerprint density at radius 3 is 2.24 bits per heavy atom. The van der Waals surface area contributed by atoms with E-state index < -0.39 is 29.5 Å². The van der Waals surface area contributed by atoms with Gasteiger partial charge in [-0.3, -0.25) is 4.79 Å². The monoisotopic (exact) mass is 290 g/mol. The summed E-state index contributed by atoms with van der Waals surface area (Å²) in [6.45, 7) is 1.41.